The van der Waals surface area contributed by atoms with Crippen LogP contribution in [0.2, 0.25) is 0 Å². The first-order valence-corrected chi connectivity index (χ1v) is 8.04. The monoisotopic (exact) mass is 338 g/mol. The SMILES string of the molecule is Cc1nc(NCCCN(C)C)cc(C(=O)Nc2ccccc2C#N)n1. The van der Waals surface area contributed by atoms with E-state index in [-0.39, 0.29) is 11.6 Å². The van der Waals surface area contributed by atoms with Crippen molar-refractivity contribution in [3.05, 3.63) is 47.4 Å². The molecule has 0 aliphatic heterocycles. The van der Waals surface area contributed by atoms with Crippen LogP contribution in [-0.4, -0.2) is 48.0 Å². The van der Waals surface area contributed by atoms with Crippen LogP contribution in [-0.2, 0) is 0 Å². The molecule has 0 fully saturated rings. The molecule has 0 saturated heterocycles. The smallest absolute Gasteiger partial charge is 0.274 e. The van der Waals surface area contributed by atoms with E-state index >= 15 is 0 Å². The van der Waals surface area contributed by atoms with Crippen molar-refractivity contribution in [3.63, 3.8) is 0 Å². The fourth-order valence-electron chi connectivity index (χ4n) is 2.26. The molecule has 0 bridgehead atoms. The van der Waals surface area contributed by atoms with E-state index in [4.69, 9.17) is 5.26 Å². The maximum atomic E-state index is 12.5. The number of rotatable bonds is 7. The van der Waals surface area contributed by atoms with Crippen LogP contribution in [0, 0.1) is 18.3 Å². The van der Waals surface area contributed by atoms with Gasteiger partial charge in [-0.05, 0) is 46.1 Å². The number of benzene rings is 1. The summed E-state index contributed by atoms with van der Waals surface area (Å²) in [5.41, 5.74) is 1.13. The molecule has 130 valence electrons. The zero-order valence-corrected chi connectivity index (χ0v) is 14.7. The molecule has 0 saturated carbocycles. The molecule has 0 atom stereocenters. The molecule has 7 nitrogen and oxygen atoms in total. The number of nitrogens with one attached hydrogen (secondary N) is 2. The number of para-hydroxylation sites is 1. The molecule has 2 aromatic rings. The van der Waals surface area contributed by atoms with Gasteiger partial charge in [0.15, 0.2) is 0 Å². The molecule has 2 N–H and O–H groups in total. The van der Waals surface area contributed by atoms with E-state index < -0.39 is 0 Å². The fraction of sp³-hybridized carbons (Fsp3) is 0.333. The second-order valence-electron chi connectivity index (χ2n) is 5.88. The van der Waals surface area contributed by atoms with E-state index in [1.807, 2.05) is 14.1 Å². The normalized spacial score (nSPS) is 10.4. The Kier molecular flexibility index (Phi) is 6.43. The Morgan fingerprint density at radius 3 is 2.76 bits per heavy atom. The molecule has 1 heterocycles. The lowest BCUT2D eigenvalue weighted by molar-refractivity contribution is 0.102. The molecule has 2 rings (SSSR count). The van der Waals surface area contributed by atoms with Crippen molar-refractivity contribution in [2.75, 3.05) is 37.8 Å². The average Bonchev–Trinajstić information content (AvgIpc) is 2.58. The molecular weight excluding hydrogens is 316 g/mol. The average molecular weight is 338 g/mol. The maximum Gasteiger partial charge on any atom is 0.274 e. The van der Waals surface area contributed by atoms with Gasteiger partial charge >= 0.3 is 0 Å². The van der Waals surface area contributed by atoms with E-state index in [0.29, 0.717) is 22.9 Å². The third-order valence-electron chi connectivity index (χ3n) is 3.45. The van der Waals surface area contributed by atoms with Crippen molar-refractivity contribution in [2.45, 2.75) is 13.3 Å². The van der Waals surface area contributed by atoms with E-state index in [0.717, 1.165) is 19.5 Å². The van der Waals surface area contributed by atoms with Crippen molar-refractivity contribution in [2.24, 2.45) is 0 Å². The lowest BCUT2D eigenvalue weighted by Gasteiger charge is -2.11. The van der Waals surface area contributed by atoms with Crippen LogP contribution in [0.15, 0.2) is 30.3 Å². The summed E-state index contributed by atoms with van der Waals surface area (Å²) in [5.74, 6) is 0.755. The molecule has 25 heavy (non-hydrogen) atoms. The number of aromatic nitrogens is 2. The van der Waals surface area contributed by atoms with Gasteiger partial charge in [-0.2, -0.15) is 5.26 Å². The van der Waals surface area contributed by atoms with E-state index in [1.165, 1.54) is 0 Å². The highest BCUT2D eigenvalue weighted by Gasteiger charge is 2.12. The summed E-state index contributed by atoms with van der Waals surface area (Å²) in [5, 5.41) is 15.0. The summed E-state index contributed by atoms with van der Waals surface area (Å²) in [7, 11) is 4.05. The van der Waals surface area contributed by atoms with Gasteiger partial charge in [0, 0.05) is 12.6 Å². The molecule has 1 aromatic carbocycles. The van der Waals surface area contributed by atoms with E-state index in [1.54, 1.807) is 37.3 Å². The molecule has 0 radical (unpaired) electrons. The number of hydrogen-bond acceptors (Lipinski definition) is 6. The van der Waals surface area contributed by atoms with Crippen molar-refractivity contribution >= 4 is 17.4 Å². The van der Waals surface area contributed by atoms with Crippen LogP contribution in [0.1, 0.15) is 28.3 Å². The highest BCUT2D eigenvalue weighted by Crippen LogP contribution is 2.15. The van der Waals surface area contributed by atoms with Crippen LogP contribution in [0.5, 0.6) is 0 Å². The zero-order valence-electron chi connectivity index (χ0n) is 14.7. The predicted molar refractivity (Wildman–Crippen MR) is 97.5 cm³/mol. The van der Waals surface area contributed by atoms with Crippen molar-refractivity contribution in [3.8, 4) is 6.07 Å². The topological polar surface area (TPSA) is 93.9 Å². The van der Waals surface area contributed by atoms with E-state index in [2.05, 4.69) is 31.6 Å². The van der Waals surface area contributed by atoms with Gasteiger partial charge in [0.05, 0.1) is 11.3 Å². The lowest BCUT2D eigenvalue weighted by atomic mass is 10.2. The first-order chi connectivity index (χ1) is 12.0. The molecule has 0 aliphatic carbocycles. The second-order valence-corrected chi connectivity index (χ2v) is 5.88. The fourth-order valence-corrected chi connectivity index (χ4v) is 2.26. The highest BCUT2D eigenvalue weighted by molar-refractivity contribution is 6.03. The number of anilines is 2. The van der Waals surface area contributed by atoms with Crippen LogP contribution < -0.4 is 10.6 Å². The summed E-state index contributed by atoms with van der Waals surface area (Å²) in [4.78, 5) is 23.1. The Hall–Kier alpha value is -2.98. The lowest BCUT2D eigenvalue weighted by Crippen LogP contribution is -2.18. The number of aryl methyl sites for hydroxylation is 1. The van der Waals surface area contributed by atoms with Gasteiger partial charge < -0.3 is 15.5 Å². The summed E-state index contributed by atoms with van der Waals surface area (Å²) >= 11 is 0. The first-order valence-electron chi connectivity index (χ1n) is 8.04. The van der Waals surface area contributed by atoms with Gasteiger partial charge in [0.2, 0.25) is 0 Å². The Labute approximate surface area is 147 Å². The van der Waals surface area contributed by atoms with Crippen LogP contribution in [0.4, 0.5) is 11.5 Å². The molecule has 0 aliphatic rings. The van der Waals surface area contributed by atoms with Crippen LogP contribution in [0.25, 0.3) is 0 Å². The van der Waals surface area contributed by atoms with Crippen LogP contribution >= 0.6 is 0 Å². The molecule has 0 spiro atoms. The second kappa shape index (κ2) is 8.76. The van der Waals surface area contributed by atoms with Crippen molar-refractivity contribution < 1.29 is 4.79 Å². The number of hydrogen-bond donors (Lipinski definition) is 2. The first kappa shape index (κ1) is 18.4. The summed E-state index contributed by atoms with van der Waals surface area (Å²) in [6.45, 7) is 3.47. The van der Waals surface area contributed by atoms with Crippen molar-refractivity contribution in [1.82, 2.24) is 14.9 Å². The van der Waals surface area contributed by atoms with Gasteiger partial charge in [-0.1, -0.05) is 12.1 Å². The Morgan fingerprint density at radius 2 is 2.04 bits per heavy atom. The third kappa shape index (κ3) is 5.55. The minimum atomic E-state index is -0.371. The number of carbonyl (C=O) groups is 1. The Morgan fingerprint density at radius 1 is 1.28 bits per heavy atom. The summed E-state index contributed by atoms with van der Waals surface area (Å²) in [6, 6.07) is 10.5. The third-order valence-corrected chi connectivity index (χ3v) is 3.45. The minimum absolute atomic E-state index is 0.260. The highest BCUT2D eigenvalue weighted by atomic mass is 16.1. The number of nitriles is 1. The van der Waals surface area contributed by atoms with Gasteiger partial charge in [-0.25, -0.2) is 9.97 Å². The van der Waals surface area contributed by atoms with Gasteiger partial charge in [-0.15, -0.1) is 0 Å². The zero-order chi connectivity index (χ0) is 18.2. The predicted octanol–water partition coefficient (Wildman–Crippen LogP) is 2.27. The number of carbonyl (C=O) groups excluding carboxylic acids is 1. The Balaban J connectivity index is 2.08. The molecule has 1 amide bonds. The summed E-state index contributed by atoms with van der Waals surface area (Å²) < 4.78 is 0. The standard InChI is InChI=1S/C18H22N6O/c1-13-21-16(11-17(22-13)20-9-6-10-24(2)3)18(25)23-15-8-5-4-7-14(15)12-19/h4-5,7-8,11H,6,9-10H2,1-3H3,(H,23,25)(H,20,21,22). The van der Waals surface area contributed by atoms with Gasteiger partial charge in [-0.3, -0.25) is 4.79 Å². The Bertz CT molecular complexity index is 781. The minimum Gasteiger partial charge on any atom is -0.370 e. The number of nitrogens with zero attached hydrogens (tertiary/aromatic N) is 4. The van der Waals surface area contributed by atoms with Crippen LogP contribution in [0.3, 0.4) is 0 Å². The van der Waals surface area contributed by atoms with Crippen molar-refractivity contribution in [1.29, 1.82) is 5.26 Å². The number of amides is 1. The summed E-state index contributed by atoms with van der Waals surface area (Å²) in [6.07, 6.45) is 0.965. The van der Waals surface area contributed by atoms with E-state index in [9.17, 15) is 4.79 Å². The van der Waals surface area contributed by atoms with Gasteiger partial charge in [0.1, 0.15) is 23.4 Å². The largest absolute Gasteiger partial charge is 0.370 e. The molecule has 0 unspecified atom stereocenters. The van der Waals surface area contributed by atoms with Gasteiger partial charge in [0.25, 0.3) is 5.91 Å². The molecule has 1 aromatic heterocycles. The maximum absolute atomic E-state index is 12.5. The molecular formula is C18H22N6O. The molecule has 7 heteroatoms. The quantitative estimate of drug-likeness (QED) is 0.752.